The van der Waals surface area contributed by atoms with Gasteiger partial charge in [0.1, 0.15) is 11.5 Å². The van der Waals surface area contributed by atoms with Crippen LogP contribution < -0.4 is 14.8 Å². The minimum atomic E-state index is -0.122. The molecule has 0 saturated carbocycles. The Morgan fingerprint density at radius 1 is 1.07 bits per heavy atom. The van der Waals surface area contributed by atoms with Crippen molar-refractivity contribution in [1.29, 1.82) is 0 Å². The largest absolute Gasteiger partial charge is 0.497 e. The van der Waals surface area contributed by atoms with E-state index >= 15 is 0 Å². The Morgan fingerprint density at radius 3 is 2.44 bits per heavy atom. The number of carbonyl (C=O) groups excluding carboxylic acids is 1. The fourth-order valence-electron chi connectivity index (χ4n) is 2.46. The Bertz CT molecular complexity index is 873. The number of benzene rings is 2. The number of nitrogens with one attached hydrogen (secondary N) is 1. The monoisotopic (exact) mass is 367 g/mol. The van der Waals surface area contributed by atoms with Gasteiger partial charge in [0.25, 0.3) is 0 Å². The lowest BCUT2D eigenvalue weighted by molar-refractivity contribution is -0.116. The number of methoxy groups -OCH3 is 1. The average molecular weight is 367 g/mol. The van der Waals surface area contributed by atoms with E-state index in [0.717, 1.165) is 17.1 Å². The average Bonchev–Trinajstić information content (AvgIpc) is 3.17. The van der Waals surface area contributed by atoms with Crippen LogP contribution in [0.25, 0.3) is 11.4 Å². The molecule has 0 aliphatic rings. The summed E-state index contributed by atoms with van der Waals surface area (Å²) in [4.78, 5) is 16.4. The van der Waals surface area contributed by atoms with Crippen molar-refractivity contribution >= 4 is 11.6 Å². The van der Waals surface area contributed by atoms with E-state index in [0.29, 0.717) is 30.4 Å². The smallest absolute Gasteiger partial charge is 0.227 e. The third kappa shape index (κ3) is 5.07. The van der Waals surface area contributed by atoms with E-state index in [9.17, 15) is 4.79 Å². The lowest BCUT2D eigenvalue weighted by atomic mass is 10.2. The number of rotatable bonds is 8. The molecule has 1 amide bonds. The summed E-state index contributed by atoms with van der Waals surface area (Å²) in [5.41, 5.74) is 1.54. The van der Waals surface area contributed by atoms with Crippen molar-refractivity contribution in [2.24, 2.45) is 0 Å². The maximum absolute atomic E-state index is 12.1. The van der Waals surface area contributed by atoms with Gasteiger partial charge >= 0.3 is 0 Å². The quantitative estimate of drug-likeness (QED) is 0.653. The van der Waals surface area contributed by atoms with Gasteiger partial charge in [-0.3, -0.25) is 4.79 Å². The second-order valence-electron chi connectivity index (χ2n) is 5.75. The molecule has 0 unspecified atom stereocenters. The van der Waals surface area contributed by atoms with Crippen LogP contribution in [0, 0.1) is 0 Å². The third-order valence-corrected chi connectivity index (χ3v) is 3.83. The van der Waals surface area contributed by atoms with E-state index in [2.05, 4.69) is 15.5 Å². The van der Waals surface area contributed by atoms with E-state index in [1.807, 2.05) is 43.3 Å². The number of ether oxygens (including phenoxy) is 2. The molecule has 27 heavy (non-hydrogen) atoms. The third-order valence-electron chi connectivity index (χ3n) is 3.83. The zero-order chi connectivity index (χ0) is 19.1. The van der Waals surface area contributed by atoms with Crippen LogP contribution >= 0.6 is 0 Å². The summed E-state index contributed by atoms with van der Waals surface area (Å²) < 4.78 is 15.7. The van der Waals surface area contributed by atoms with Gasteiger partial charge in [-0.2, -0.15) is 4.98 Å². The molecule has 140 valence electrons. The summed E-state index contributed by atoms with van der Waals surface area (Å²) in [7, 11) is 1.61. The molecule has 3 aromatic rings. The van der Waals surface area contributed by atoms with Crippen LogP contribution in [0.3, 0.4) is 0 Å². The van der Waals surface area contributed by atoms with Gasteiger partial charge in [0.2, 0.25) is 17.6 Å². The molecule has 2 aromatic carbocycles. The van der Waals surface area contributed by atoms with Crippen molar-refractivity contribution in [1.82, 2.24) is 10.1 Å². The summed E-state index contributed by atoms with van der Waals surface area (Å²) in [6.07, 6.45) is 0.615. The number of carbonyl (C=O) groups is 1. The zero-order valence-electron chi connectivity index (χ0n) is 15.3. The molecule has 0 aliphatic heterocycles. The van der Waals surface area contributed by atoms with Crippen LogP contribution in [-0.2, 0) is 11.2 Å². The van der Waals surface area contributed by atoms with Gasteiger partial charge in [-0.05, 0) is 55.5 Å². The number of amides is 1. The topological polar surface area (TPSA) is 86.5 Å². The van der Waals surface area contributed by atoms with Crippen LogP contribution in [0.4, 0.5) is 5.69 Å². The van der Waals surface area contributed by atoms with E-state index < -0.39 is 0 Å². The lowest BCUT2D eigenvalue weighted by Crippen LogP contribution is -2.12. The lowest BCUT2D eigenvalue weighted by Gasteiger charge is -2.06. The second kappa shape index (κ2) is 8.84. The Hall–Kier alpha value is -3.35. The predicted octanol–water partition coefficient (Wildman–Crippen LogP) is 3.72. The normalized spacial score (nSPS) is 10.4. The standard InChI is InChI=1S/C20H21N3O4/c1-3-26-17-10-6-15(7-11-17)21-18(24)12-13-19-22-20(23-27-19)14-4-8-16(25-2)9-5-14/h4-11H,3,12-13H2,1-2H3,(H,21,24). The van der Waals surface area contributed by atoms with Crippen molar-refractivity contribution in [2.75, 3.05) is 19.0 Å². The van der Waals surface area contributed by atoms with Crippen LogP contribution in [0.5, 0.6) is 11.5 Å². The Balaban J connectivity index is 1.52. The molecule has 1 N–H and O–H groups in total. The second-order valence-corrected chi connectivity index (χ2v) is 5.75. The summed E-state index contributed by atoms with van der Waals surface area (Å²) in [5.74, 6) is 2.31. The predicted molar refractivity (Wildman–Crippen MR) is 101 cm³/mol. The van der Waals surface area contributed by atoms with Crippen LogP contribution in [-0.4, -0.2) is 29.8 Å². The highest BCUT2D eigenvalue weighted by atomic mass is 16.5. The molecule has 1 heterocycles. The van der Waals surface area contributed by atoms with Crippen LogP contribution in [0.15, 0.2) is 53.1 Å². The molecule has 0 spiro atoms. The molecule has 0 bridgehead atoms. The number of aromatic nitrogens is 2. The van der Waals surface area contributed by atoms with Gasteiger partial charge in [0, 0.05) is 24.1 Å². The van der Waals surface area contributed by atoms with Crippen LogP contribution in [0.1, 0.15) is 19.2 Å². The first kappa shape index (κ1) is 18.4. The molecule has 0 saturated heterocycles. The van der Waals surface area contributed by atoms with Crippen molar-refractivity contribution in [3.05, 3.63) is 54.4 Å². The Labute approximate surface area is 157 Å². The first-order chi connectivity index (χ1) is 13.2. The van der Waals surface area contributed by atoms with Gasteiger partial charge in [-0.25, -0.2) is 0 Å². The first-order valence-corrected chi connectivity index (χ1v) is 8.67. The maximum Gasteiger partial charge on any atom is 0.227 e. The number of hydrogen-bond acceptors (Lipinski definition) is 6. The summed E-state index contributed by atoms with van der Waals surface area (Å²) in [5, 5.41) is 6.79. The zero-order valence-corrected chi connectivity index (χ0v) is 15.3. The van der Waals surface area contributed by atoms with E-state index in [1.165, 1.54) is 0 Å². The van der Waals surface area contributed by atoms with Gasteiger partial charge in [0.05, 0.1) is 13.7 Å². The fourth-order valence-corrected chi connectivity index (χ4v) is 2.46. The minimum Gasteiger partial charge on any atom is -0.497 e. The summed E-state index contributed by atoms with van der Waals surface area (Å²) in [6, 6.07) is 14.6. The number of nitrogens with zero attached hydrogens (tertiary/aromatic N) is 2. The summed E-state index contributed by atoms with van der Waals surface area (Å²) >= 11 is 0. The fraction of sp³-hybridized carbons (Fsp3) is 0.250. The van der Waals surface area contributed by atoms with Gasteiger partial charge in [-0.15, -0.1) is 0 Å². The van der Waals surface area contributed by atoms with Crippen molar-refractivity contribution in [3.8, 4) is 22.9 Å². The van der Waals surface area contributed by atoms with E-state index in [-0.39, 0.29) is 12.3 Å². The van der Waals surface area contributed by atoms with Gasteiger partial charge in [0.15, 0.2) is 0 Å². The molecular formula is C20H21N3O4. The molecule has 7 heteroatoms. The van der Waals surface area contributed by atoms with Gasteiger partial charge < -0.3 is 19.3 Å². The number of hydrogen-bond donors (Lipinski definition) is 1. The molecular weight excluding hydrogens is 346 g/mol. The van der Waals surface area contributed by atoms with E-state index in [1.54, 1.807) is 19.2 Å². The van der Waals surface area contributed by atoms with Crippen molar-refractivity contribution in [3.63, 3.8) is 0 Å². The van der Waals surface area contributed by atoms with Crippen molar-refractivity contribution in [2.45, 2.75) is 19.8 Å². The highest BCUT2D eigenvalue weighted by molar-refractivity contribution is 5.90. The Morgan fingerprint density at radius 2 is 1.78 bits per heavy atom. The number of anilines is 1. The molecule has 0 atom stereocenters. The minimum absolute atomic E-state index is 0.122. The highest BCUT2D eigenvalue weighted by Crippen LogP contribution is 2.20. The van der Waals surface area contributed by atoms with Crippen molar-refractivity contribution < 1.29 is 18.8 Å². The molecule has 7 nitrogen and oxygen atoms in total. The molecule has 0 aliphatic carbocycles. The molecule has 0 radical (unpaired) electrons. The van der Waals surface area contributed by atoms with E-state index in [4.69, 9.17) is 14.0 Å². The molecule has 1 aromatic heterocycles. The maximum atomic E-state index is 12.1. The molecule has 3 rings (SSSR count). The highest BCUT2D eigenvalue weighted by Gasteiger charge is 2.11. The molecule has 0 fully saturated rings. The SMILES string of the molecule is CCOc1ccc(NC(=O)CCc2nc(-c3ccc(OC)cc3)no2)cc1. The summed E-state index contributed by atoms with van der Waals surface area (Å²) in [6.45, 7) is 2.53. The first-order valence-electron chi connectivity index (χ1n) is 8.67. The van der Waals surface area contributed by atoms with Crippen LogP contribution in [0.2, 0.25) is 0 Å². The Kier molecular flexibility index (Phi) is 6.04. The van der Waals surface area contributed by atoms with Gasteiger partial charge in [-0.1, -0.05) is 5.16 Å². The number of aryl methyl sites for hydroxylation is 1.